The number of benzene rings is 1. The SMILES string of the molecule is O=C(Nc1ccc(-c2ncn[nH]2)cc1)c1ncnc2[nH]ccc12. The van der Waals surface area contributed by atoms with Gasteiger partial charge in [0.15, 0.2) is 5.82 Å². The van der Waals surface area contributed by atoms with Gasteiger partial charge in [0.1, 0.15) is 24.0 Å². The van der Waals surface area contributed by atoms with Crippen LogP contribution in [0.5, 0.6) is 0 Å². The maximum absolute atomic E-state index is 12.4. The molecule has 4 rings (SSSR count). The Morgan fingerprint density at radius 3 is 2.65 bits per heavy atom. The molecule has 4 aromatic rings. The number of aromatic nitrogens is 6. The maximum atomic E-state index is 12.4. The fourth-order valence-corrected chi connectivity index (χ4v) is 2.30. The molecule has 0 saturated carbocycles. The molecule has 8 heteroatoms. The minimum absolute atomic E-state index is 0.288. The lowest BCUT2D eigenvalue weighted by molar-refractivity contribution is 0.102. The molecule has 3 N–H and O–H groups in total. The normalized spacial score (nSPS) is 10.8. The molecule has 23 heavy (non-hydrogen) atoms. The third kappa shape index (κ3) is 2.42. The third-order valence-electron chi connectivity index (χ3n) is 3.40. The van der Waals surface area contributed by atoms with Gasteiger partial charge < -0.3 is 10.3 Å². The Morgan fingerprint density at radius 1 is 1.00 bits per heavy atom. The summed E-state index contributed by atoms with van der Waals surface area (Å²) >= 11 is 0. The lowest BCUT2D eigenvalue weighted by Gasteiger charge is -2.06. The average molecular weight is 305 g/mol. The number of aromatic amines is 2. The van der Waals surface area contributed by atoms with Crippen LogP contribution in [0.25, 0.3) is 22.4 Å². The number of rotatable bonds is 3. The molecule has 0 saturated heterocycles. The number of anilines is 1. The summed E-state index contributed by atoms with van der Waals surface area (Å²) in [5, 5.41) is 10.1. The molecule has 0 spiro atoms. The zero-order chi connectivity index (χ0) is 15.6. The van der Waals surface area contributed by atoms with E-state index in [4.69, 9.17) is 0 Å². The van der Waals surface area contributed by atoms with Gasteiger partial charge in [-0.1, -0.05) is 0 Å². The standard InChI is InChI=1S/C15H11N7O/c23-15(12-11-5-6-16-14(11)18-7-17-12)21-10-3-1-9(2-4-10)13-19-8-20-22-13/h1-8H,(H,21,23)(H,16,17,18)(H,19,20,22). The molecule has 0 bridgehead atoms. The van der Waals surface area contributed by atoms with Crippen LogP contribution in [0, 0.1) is 0 Å². The number of carbonyl (C=O) groups is 1. The molecule has 0 fully saturated rings. The predicted octanol–water partition coefficient (Wildman–Crippen LogP) is 2.00. The number of hydrogen-bond donors (Lipinski definition) is 3. The van der Waals surface area contributed by atoms with Crippen LogP contribution in [0.4, 0.5) is 5.69 Å². The lowest BCUT2D eigenvalue weighted by Crippen LogP contribution is -2.14. The molecule has 112 valence electrons. The van der Waals surface area contributed by atoms with E-state index in [9.17, 15) is 4.79 Å². The smallest absolute Gasteiger partial charge is 0.275 e. The number of amides is 1. The summed E-state index contributed by atoms with van der Waals surface area (Å²) in [4.78, 5) is 27.6. The Morgan fingerprint density at radius 2 is 1.87 bits per heavy atom. The monoisotopic (exact) mass is 305 g/mol. The summed E-state index contributed by atoms with van der Waals surface area (Å²) in [6, 6.07) is 9.07. The van der Waals surface area contributed by atoms with Gasteiger partial charge in [-0.25, -0.2) is 15.0 Å². The Kier molecular flexibility index (Phi) is 3.05. The molecule has 3 heterocycles. The van der Waals surface area contributed by atoms with Crippen molar-refractivity contribution in [3.05, 3.63) is 54.9 Å². The third-order valence-corrected chi connectivity index (χ3v) is 3.40. The molecular weight excluding hydrogens is 294 g/mol. The second-order valence-corrected chi connectivity index (χ2v) is 4.83. The highest BCUT2D eigenvalue weighted by atomic mass is 16.1. The van der Waals surface area contributed by atoms with Gasteiger partial charge >= 0.3 is 0 Å². The van der Waals surface area contributed by atoms with Gasteiger partial charge in [0.25, 0.3) is 5.91 Å². The van der Waals surface area contributed by atoms with Crippen LogP contribution in [0.3, 0.4) is 0 Å². The number of hydrogen-bond acceptors (Lipinski definition) is 5. The molecule has 3 aromatic heterocycles. The first-order valence-electron chi connectivity index (χ1n) is 6.86. The topological polar surface area (TPSA) is 112 Å². The predicted molar refractivity (Wildman–Crippen MR) is 83.7 cm³/mol. The molecule has 0 aliphatic rings. The Balaban J connectivity index is 1.58. The van der Waals surface area contributed by atoms with Crippen molar-refractivity contribution in [1.82, 2.24) is 30.1 Å². The molecule has 0 aliphatic heterocycles. The van der Waals surface area contributed by atoms with Crippen molar-refractivity contribution in [3.8, 4) is 11.4 Å². The van der Waals surface area contributed by atoms with E-state index < -0.39 is 0 Å². The summed E-state index contributed by atoms with van der Waals surface area (Å²) in [5.41, 5.74) is 2.51. The second-order valence-electron chi connectivity index (χ2n) is 4.83. The van der Waals surface area contributed by atoms with Crippen molar-refractivity contribution in [2.24, 2.45) is 0 Å². The second kappa shape index (κ2) is 5.34. The van der Waals surface area contributed by atoms with Crippen LogP contribution >= 0.6 is 0 Å². The summed E-state index contributed by atoms with van der Waals surface area (Å²) in [6.45, 7) is 0. The van der Waals surface area contributed by atoms with Crippen molar-refractivity contribution in [3.63, 3.8) is 0 Å². The maximum Gasteiger partial charge on any atom is 0.275 e. The van der Waals surface area contributed by atoms with Crippen molar-refractivity contribution < 1.29 is 4.79 Å². The zero-order valence-corrected chi connectivity index (χ0v) is 11.8. The fourth-order valence-electron chi connectivity index (χ4n) is 2.30. The zero-order valence-electron chi connectivity index (χ0n) is 11.8. The first-order chi connectivity index (χ1) is 11.3. The van der Waals surface area contributed by atoms with Gasteiger partial charge in [-0.2, -0.15) is 5.10 Å². The van der Waals surface area contributed by atoms with Gasteiger partial charge in [-0.15, -0.1) is 0 Å². The van der Waals surface area contributed by atoms with Crippen molar-refractivity contribution in [2.45, 2.75) is 0 Å². The van der Waals surface area contributed by atoms with E-state index in [-0.39, 0.29) is 5.91 Å². The number of nitrogens with zero attached hydrogens (tertiary/aromatic N) is 4. The summed E-state index contributed by atoms with van der Waals surface area (Å²) < 4.78 is 0. The van der Waals surface area contributed by atoms with E-state index in [1.165, 1.54) is 12.7 Å². The number of nitrogens with one attached hydrogen (secondary N) is 3. The van der Waals surface area contributed by atoms with E-state index in [0.717, 1.165) is 5.56 Å². The van der Waals surface area contributed by atoms with E-state index in [1.807, 2.05) is 12.1 Å². The highest BCUT2D eigenvalue weighted by Crippen LogP contribution is 2.19. The van der Waals surface area contributed by atoms with E-state index in [1.54, 1.807) is 24.4 Å². The minimum Gasteiger partial charge on any atom is -0.346 e. The van der Waals surface area contributed by atoms with E-state index in [0.29, 0.717) is 28.2 Å². The molecule has 0 unspecified atom stereocenters. The van der Waals surface area contributed by atoms with Gasteiger partial charge in [-0.3, -0.25) is 9.89 Å². The quantitative estimate of drug-likeness (QED) is 0.536. The largest absolute Gasteiger partial charge is 0.346 e. The van der Waals surface area contributed by atoms with Crippen LogP contribution in [-0.2, 0) is 0 Å². The van der Waals surface area contributed by atoms with Crippen molar-refractivity contribution >= 4 is 22.6 Å². The molecule has 0 aliphatic carbocycles. The van der Waals surface area contributed by atoms with Crippen molar-refractivity contribution in [2.75, 3.05) is 5.32 Å². The minimum atomic E-state index is -0.288. The summed E-state index contributed by atoms with van der Waals surface area (Å²) in [6.07, 6.45) is 4.53. The highest BCUT2D eigenvalue weighted by molar-refractivity contribution is 6.10. The van der Waals surface area contributed by atoms with Gasteiger partial charge in [0.2, 0.25) is 0 Å². The average Bonchev–Trinajstić information content (AvgIpc) is 3.26. The van der Waals surface area contributed by atoms with Crippen LogP contribution < -0.4 is 5.32 Å². The highest BCUT2D eigenvalue weighted by Gasteiger charge is 2.13. The van der Waals surface area contributed by atoms with E-state index >= 15 is 0 Å². The van der Waals surface area contributed by atoms with E-state index in [2.05, 4.69) is 35.5 Å². The Hall–Kier alpha value is -3.55. The molecule has 0 radical (unpaired) electrons. The van der Waals surface area contributed by atoms with Gasteiger partial charge in [0, 0.05) is 17.4 Å². The molecule has 1 amide bonds. The molecule has 8 nitrogen and oxygen atoms in total. The summed E-state index contributed by atoms with van der Waals surface area (Å²) in [7, 11) is 0. The summed E-state index contributed by atoms with van der Waals surface area (Å²) in [5.74, 6) is 0.386. The first-order valence-corrected chi connectivity index (χ1v) is 6.86. The Bertz CT molecular complexity index is 957. The Labute approximate surface area is 130 Å². The van der Waals surface area contributed by atoms with Crippen molar-refractivity contribution in [1.29, 1.82) is 0 Å². The van der Waals surface area contributed by atoms with Crippen LogP contribution in [0.2, 0.25) is 0 Å². The van der Waals surface area contributed by atoms with Crippen LogP contribution in [0.1, 0.15) is 10.5 Å². The molecule has 1 aromatic carbocycles. The van der Waals surface area contributed by atoms with Crippen LogP contribution in [-0.4, -0.2) is 36.0 Å². The van der Waals surface area contributed by atoms with Gasteiger partial charge in [0.05, 0.1) is 5.39 Å². The van der Waals surface area contributed by atoms with Gasteiger partial charge in [-0.05, 0) is 30.3 Å². The number of carbonyl (C=O) groups excluding carboxylic acids is 1. The molecule has 0 atom stereocenters. The molecular formula is C15H11N7O. The number of H-pyrrole nitrogens is 2. The lowest BCUT2D eigenvalue weighted by atomic mass is 10.2. The first kappa shape index (κ1) is 13.1. The number of fused-ring (bicyclic) bond motifs is 1. The fraction of sp³-hybridized carbons (Fsp3) is 0. The van der Waals surface area contributed by atoms with Crippen LogP contribution in [0.15, 0.2) is 49.2 Å².